The molecule has 2 rings (SSSR count). The second-order valence-electron chi connectivity index (χ2n) is 5.21. The number of carbonyl (C=O) groups is 1. The first kappa shape index (κ1) is 18.3. The van der Waals surface area contributed by atoms with Crippen molar-refractivity contribution in [3.63, 3.8) is 0 Å². The molecule has 0 spiro atoms. The van der Waals surface area contributed by atoms with Crippen molar-refractivity contribution in [3.8, 4) is 11.8 Å². The van der Waals surface area contributed by atoms with Crippen LogP contribution in [-0.2, 0) is 6.18 Å². The standard InChI is InChI=1S/C18H16F3N3O/c1-13(15-7-10-22-11-8-15)24-17(25)23-9-3-5-14-4-2-6-16(12-14)18(19,20)21/h2,4,6-8,10-13H,9H2,1H3,(H2,23,24,25). The molecule has 2 N–H and O–H groups in total. The lowest BCUT2D eigenvalue weighted by Gasteiger charge is -2.13. The Labute approximate surface area is 143 Å². The van der Waals surface area contributed by atoms with E-state index >= 15 is 0 Å². The van der Waals surface area contributed by atoms with Gasteiger partial charge in [0.25, 0.3) is 0 Å². The van der Waals surface area contributed by atoms with Gasteiger partial charge in [0, 0.05) is 18.0 Å². The summed E-state index contributed by atoms with van der Waals surface area (Å²) >= 11 is 0. The summed E-state index contributed by atoms with van der Waals surface area (Å²) in [6.45, 7) is 1.84. The van der Waals surface area contributed by atoms with Crippen LogP contribution in [0.15, 0.2) is 48.8 Å². The highest BCUT2D eigenvalue weighted by Gasteiger charge is 2.30. The molecule has 4 nitrogen and oxygen atoms in total. The second-order valence-corrected chi connectivity index (χ2v) is 5.21. The van der Waals surface area contributed by atoms with E-state index in [2.05, 4.69) is 27.5 Å². The molecule has 0 aliphatic rings. The van der Waals surface area contributed by atoms with Crippen LogP contribution in [0.3, 0.4) is 0 Å². The predicted molar refractivity (Wildman–Crippen MR) is 87.5 cm³/mol. The Hall–Kier alpha value is -3.01. The topological polar surface area (TPSA) is 54.0 Å². The molecule has 0 radical (unpaired) electrons. The first-order valence-electron chi connectivity index (χ1n) is 7.46. The molecular weight excluding hydrogens is 331 g/mol. The van der Waals surface area contributed by atoms with Crippen LogP contribution >= 0.6 is 0 Å². The fourth-order valence-corrected chi connectivity index (χ4v) is 2.03. The van der Waals surface area contributed by atoms with Crippen molar-refractivity contribution in [3.05, 3.63) is 65.5 Å². The van der Waals surface area contributed by atoms with E-state index in [-0.39, 0.29) is 18.2 Å². The molecule has 130 valence electrons. The number of amides is 2. The highest BCUT2D eigenvalue weighted by molar-refractivity contribution is 5.74. The molecule has 0 aliphatic carbocycles. The van der Waals surface area contributed by atoms with Crippen molar-refractivity contribution in [2.75, 3.05) is 6.54 Å². The van der Waals surface area contributed by atoms with E-state index in [9.17, 15) is 18.0 Å². The van der Waals surface area contributed by atoms with E-state index in [1.165, 1.54) is 12.1 Å². The van der Waals surface area contributed by atoms with Crippen molar-refractivity contribution < 1.29 is 18.0 Å². The quantitative estimate of drug-likeness (QED) is 0.835. The van der Waals surface area contributed by atoms with Gasteiger partial charge in [-0.25, -0.2) is 4.79 Å². The number of nitrogens with zero attached hydrogens (tertiary/aromatic N) is 1. The highest BCUT2D eigenvalue weighted by Crippen LogP contribution is 2.29. The molecule has 1 aromatic carbocycles. The smallest absolute Gasteiger partial charge is 0.332 e. The van der Waals surface area contributed by atoms with Crippen LogP contribution in [-0.4, -0.2) is 17.6 Å². The number of pyridine rings is 1. The molecule has 0 aliphatic heterocycles. The summed E-state index contributed by atoms with van der Waals surface area (Å²) in [7, 11) is 0. The van der Waals surface area contributed by atoms with Crippen molar-refractivity contribution >= 4 is 6.03 Å². The lowest BCUT2D eigenvalue weighted by molar-refractivity contribution is -0.137. The zero-order valence-corrected chi connectivity index (χ0v) is 13.4. The number of rotatable bonds is 3. The molecule has 1 aromatic heterocycles. The number of alkyl halides is 3. The first-order chi connectivity index (χ1) is 11.9. The summed E-state index contributed by atoms with van der Waals surface area (Å²) in [6, 6.07) is 7.69. The minimum Gasteiger partial charge on any atom is -0.332 e. The summed E-state index contributed by atoms with van der Waals surface area (Å²) in [5.74, 6) is 5.22. The number of hydrogen-bond donors (Lipinski definition) is 2. The van der Waals surface area contributed by atoms with Crippen molar-refractivity contribution in [1.82, 2.24) is 15.6 Å². The van der Waals surface area contributed by atoms with Crippen LogP contribution in [0.5, 0.6) is 0 Å². The van der Waals surface area contributed by atoms with Crippen molar-refractivity contribution in [2.24, 2.45) is 0 Å². The van der Waals surface area contributed by atoms with Gasteiger partial charge < -0.3 is 10.6 Å². The number of carbonyl (C=O) groups excluding carboxylic acids is 1. The molecule has 1 heterocycles. The molecule has 2 aromatic rings. The molecule has 0 bridgehead atoms. The molecule has 25 heavy (non-hydrogen) atoms. The number of urea groups is 1. The third-order valence-electron chi connectivity index (χ3n) is 3.31. The van der Waals surface area contributed by atoms with Crippen LogP contribution in [0, 0.1) is 11.8 Å². The summed E-state index contributed by atoms with van der Waals surface area (Å²) in [5, 5.41) is 5.27. The zero-order chi connectivity index (χ0) is 18.3. The summed E-state index contributed by atoms with van der Waals surface area (Å²) in [5.41, 5.74) is 0.388. The lowest BCUT2D eigenvalue weighted by Crippen LogP contribution is -2.37. The van der Waals surface area contributed by atoms with E-state index in [0.717, 1.165) is 17.7 Å². The van der Waals surface area contributed by atoms with Crippen LogP contribution in [0.4, 0.5) is 18.0 Å². The van der Waals surface area contributed by atoms with Gasteiger partial charge in [0.2, 0.25) is 0 Å². The van der Waals surface area contributed by atoms with Gasteiger partial charge in [0.1, 0.15) is 0 Å². The van der Waals surface area contributed by atoms with E-state index < -0.39 is 17.8 Å². The van der Waals surface area contributed by atoms with Gasteiger partial charge in [0.15, 0.2) is 0 Å². The van der Waals surface area contributed by atoms with Gasteiger partial charge in [-0.05, 0) is 42.8 Å². The Morgan fingerprint density at radius 3 is 2.64 bits per heavy atom. The average Bonchev–Trinajstić information content (AvgIpc) is 2.59. The number of benzene rings is 1. The van der Waals surface area contributed by atoms with Gasteiger partial charge in [-0.2, -0.15) is 13.2 Å². The van der Waals surface area contributed by atoms with Crippen molar-refractivity contribution in [1.29, 1.82) is 0 Å². The first-order valence-corrected chi connectivity index (χ1v) is 7.46. The minimum absolute atomic E-state index is 0.0190. The summed E-state index contributed by atoms with van der Waals surface area (Å²) in [4.78, 5) is 15.7. The molecule has 0 saturated heterocycles. The molecule has 2 amide bonds. The molecule has 1 atom stereocenters. The Bertz CT molecular complexity index is 779. The average molecular weight is 347 g/mol. The van der Waals surface area contributed by atoms with E-state index in [4.69, 9.17) is 0 Å². The fourth-order valence-electron chi connectivity index (χ4n) is 2.03. The van der Waals surface area contributed by atoms with E-state index in [1.54, 1.807) is 24.5 Å². The Kier molecular flexibility index (Phi) is 6.01. The third kappa shape index (κ3) is 5.84. The Morgan fingerprint density at radius 1 is 1.24 bits per heavy atom. The molecule has 7 heteroatoms. The Balaban J connectivity index is 1.85. The largest absolute Gasteiger partial charge is 0.416 e. The summed E-state index contributed by atoms with van der Waals surface area (Å²) in [6.07, 6.45) is -1.14. The summed E-state index contributed by atoms with van der Waals surface area (Å²) < 4.78 is 37.8. The maximum absolute atomic E-state index is 12.6. The SMILES string of the molecule is CC(NC(=O)NCC#Cc1cccc(C(F)(F)F)c1)c1ccncc1. The number of aromatic nitrogens is 1. The van der Waals surface area contributed by atoms with Crippen LogP contribution in [0.25, 0.3) is 0 Å². The number of nitrogens with one attached hydrogen (secondary N) is 2. The molecule has 0 fully saturated rings. The number of hydrogen-bond acceptors (Lipinski definition) is 2. The monoisotopic (exact) mass is 347 g/mol. The maximum atomic E-state index is 12.6. The normalized spacial score (nSPS) is 11.8. The van der Waals surface area contributed by atoms with Gasteiger partial charge in [0.05, 0.1) is 18.2 Å². The lowest BCUT2D eigenvalue weighted by atomic mass is 10.1. The van der Waals surface area contributed by atoms with Gasteiger partial charge in [-0.3, -0.25) is 4.98 Å². The van der Waals surface area contributed by atoms with Crippen LogP contribution < -0.4 is 10.6 Å². The number of halogens is 3. The second kappa shape index (κ2) is 8.20. The zero-order valence-electron chi connectivity index (χ0n) is 13.4. The maximum Gasteiger partial charge on any atom is 0.416 e. The van der Waals surface area contributed by atoms with E-state index in [1.807, 2.05) is 6.92 Å². The van der Waals surface area contributed by atoms with Crippen molar-refractivity contribution in [2.45, 2.75) is 19.1 Å². The predicted octanol–water partition coefficient (Wildman–Crippen LogP) is 3.51. The molecular formula is C18H16F3N3O. The van der Waals surface area contributed by atoms with Crippen LogP contribution in [0.2, 0.25) is 0 Å². The fraction of sp³-hybridized carbons (Fsp3) is 0.222. The van der Waals surface area contributed by atoms with Gasteiger partial charge >= 0.3 is 12.2 Å². The van der Waals surface area contributed by atoms with Gasteiger partial charge in [-0.15, -0.1) is 0 Å². The Morgan fingerprint density at radius 2 is 1.96 bits per heavy atom. The molecule has 1 unspecified atom stereocenters. The molecule has 0 saturated carbocycles. The van der Waals surface area contributed by atoms with Crippen LogP contribution in [0.1, 0.15) is 29.7 Å². The highest BCUT2D eigenvalue weighted by atomic mass is 19.4. The minimum atomic E-state index is -4.40. The van der Waals surface area contributed by atoms with E-state index in [0.29, 0.717) is 0 Å². The third-order valence-corrected chi connectivity index (χ3v) is 3.31. The van der Waals surface area contributed by atoms with Gasteiger partial charge in [-0.1, -0.05) is 17.9 Å².